The molecular weight excluding hydrogens is 344 g/mol. The third kappa shape index (κ3) is 3.39. The van der Waals surface area contributed by atoms with Gasteiger partial charge in [0.1, 0.15) is 0 Å². The maximum absolute atomic E-state index is 6.24. The van der Waals surface area contributed by atoms with Crippen LogP contribution in [0.15, 0.2) is 40.8 Å². The van der Waals surface area contributed by atoms with E-state index in [2.05, 4.69) is 55.9 Å². The number of hydrogen-bond acceptors (Lipinski definition) is 4. The molecule has 3 heterocycles. The molecule has 6 nitrogen and oxygen atoms in total. The van der Waals surface area contributed by atoms with Gasteiger partial charge >= 0.3 is 0 Å². The Labute approximate surface area is 157 Å². The van der Waals surface area contributed by atoms with Crippen LogP contribution in [0.3, 0.4) is 0 Å². The third-order valence-corrected chi connectivity index (χ3v) is 5.79. The molecule has 4 rings (SSSR count). The van der Waals surface area contributed by atoms with Gasteiger partial charge in [-0.05, 0) is 25.0 Å². The predicted molar refractivity (Wildman–Crippen MR) is 109 cm³/mol. The highest BCUT2D eigenvalue weighted by Crippen LogP contribution is 2.22. The fourth-order valence-corrected chi connectivity index (χ4v) is 4.23. The van der Waals surface area contributed by atoms with Gasteiger partial charge in [0.15, 0.2) is 11.1 Å². The van der Waals surface area contributed by atoms with Crippen LogP contribution in [0.25, 0.3) is 10.9 Å². The smallest absolute Gasteiger partial charge is 0.191 e. The molecule has 0 atom stereocenters. The van der Waals surface area contributed by atoms with Crippen molar-refractivity contribution >= 4 is 33.3 Å². The maximum Gasteiger partial charge on any atom is 0.191 e. The largest absolute Gasteiger partial charge is 0.370 e. The number of piperazine rings is 1. The number of nitrogens with two attached hydrogens (primary N) is 1. The molecule has 0 spiro atoms. The molecule has 7 heteroatoms. The van der Waals surface area contributed by atoms with Crippen LogP contribution in [0, 0.1) is 6.92 Å². The van der Waals surface area contributed by atoms with Crippen molar-refractivity contribution < 1.29 is 0 Å². The van der Waals surface area contributed by atoms with Crippen molar-refractivity contribution in [1.29, 1.82) is 0 Å². The van der Waals surface area contributed by atoms with E-state index in [-0.39, 0.29) is 0 Å². The first-order valence-corrected chi connectivity index (χ1v) is 9.86. The Balaban J connectivity index is 1.35. The average Bonchev–Trinajstić information content (AvgIpc) is 3.30. The van der Waals surface area contributed by atoms with E-state index in [4.69, 9.17) is 5.73 Å². The van der Waals surface area contributed by atoms with Crippen molar-refractivity contribution in [2.45, 2.75) is 13.3 Å². The zero-order valence-electron chi connectivity index (χ0n) is 15.0. The van der Waals surface area contributed by atoms with Gasteiger partial charge in [-0.15, -0.1) is 11.3 Å². The molecule has 1 fully saturated rings. The zero-order chi connectivity index (χ0) is 17.9. The molecule has 2 aromatic heterocycles. The molecular formula is C19H24N6S. The molecule has 0 radical (unpaired) electrons. The first kappa shape index (κ1) is 16.9. The van der Waals surface area contributed by atoms with Crippen LogP contribution in [-0.4, -0.2) is 53.6 Å². The highest BCUT2D eigenvalue weighted by molar-refractivity contribution is 7.13. The third-order valence-electron chi connectivity index (χ3n) is 4.96. The lowest BCUT2D eigenvalue weighted by atomic mass is 10.1. The van der Waals surface area contributed by atoms with E-state index in [9.17, 15) is 0 Å². The Morgan fingerprint density at radius 3 is 2.85 bits per heavy atom. The highest BCUT2D eigenvalue weighted by Gasteiger charge is 2.19. The number of nitrogens with zero attached hydrogens (tertiary/aromatic N) is 4. The van der Waals surface area contributed by atoms with Crippen molar-refractivity contribution in [2.24, 2.45) is 10.7 Å². The quantitative estimate of drug-likeness (QED) is 0.548. The second-order valence-corrected chi connectivity index (χ2v) is 7.43. The number of nitrogens with one attached hydrogen (secondary N) is 1. The number of thiazole rings is 1. The lowest BCUT2D eigenvalue weighted by Crippen LogP contribution is -2.51. The Morgan fingerprint density at radius 2 is 2.08 bits per heavy atom. The molecule has 0 amide bonds. The molecule has 3 N–H and O–H groups in total. The van der Waals surface area contributed by atoms with Crippen LogP contribution in [0.4, 0.5) is 5.13 Å². The molecule has 136 valence electrons. The van der Waals surface area contributed by atoms with E-state index in [1.54, 1.807) is 11.3 Å². The Hall–Kier alpha value is -2.54. The summed E-state index contributed by atoms with van der Waals surface area (Å²) in [4.78, 5) is 16.9. The molecule has 26 heavy (non-hydrogen) atoms. The summed E-state index contributed by atoms with van der Waals surface area (Å²) in [5, 5.41) is 4.40. The Bertz CT molecular complexity index is 890. The van der Waals surface area contributed by atoms with E-state index >= 15 is 0 Å². The zero-order valence-corrected chi connectivity index (χ0v) is 15.8. The number of rotatable bonds is 4. The van der Waals surface area contributed by atoms with Crippen LogP contribution in [0.5, 0.6) is 0 Å². The number of fused-ring (bicyclic) bond motifs is 1. The SMILES string of the molecule is Cc1[nH]c2ccccc2c1CCN=C(N)N1CCN(c2nccs2)CC1. The van der Waals surface area contributed by atoms with E-state index in [1.165, 1.54) is 22.2 Å². The number of para-hydroxylation sites is 1. The lowest BCUT2D eigenvalue weighted by molar-refractivity contribution is 0.380. The fourth-order valence-electron chi connectivity index (χ4n) is 3.54. The van der Waals surface area contributed by atoms with E-state index in [1.807, 2.05) is 11.6 Å². The molecule has 0 bridgehead atoms. The molecule has 1 saturated heterocycles. The van der Waals surface area contributed by atoms with Gasteiger partial charge < -0.3 is 20.5 Å². The minimum Gasteiger partial charge on any atom is -0.370 e. The number of aromatic amines is 1. The summed E-state index contributed by atoms with van der Waals surface area (Å²) < 4.78 is 0. The topological polar surface area (TPSA) is 73.5 Å². The average molecular weight is 369 g/mol. The van der Waals surface area contributed by atoms with Gasteiger partial charge in [0, 0.05) is 60.9 Å². The molecule has 1 aliphatic heterocycles. The molecule has 3 aromatic rings. The summed E-state index contributed by atoms with van der Waals surface area (Å²) in [5.74, 6) is 0.654. The van der Waals surface area contributed by atoms with Gasteiger partial charge in [0.2, 0.25) is 0 Å². The predicted octanol–water partition coefficient (Wildman–Crippen LogP) is 2.61. The number of anilines is 1. The van der Waals surface area contributed by atoms with Crippen molar-refractivity contribution in [3.63, 3.8) is 0 Å². The standard InChI is InChI=1S/C19H24N6S/c1-14-15(16-4-2-3-5-17(16)23-14)6-7-21-18(20)24-9-11-25(12-10-24)19-22-8-13-26-19/h2-5,8,13,23H,6-7,9-12H2,1H3,(H2,20,21). The second-order valence-electron chi connectivity index (χ2n) is 6.55. The molecule has 1 aliphatic rings. The Morgan fingerprint density at radius 1 is 1.27 bits per heavy atom. The van der Waals surface area contributed by atoms with Gasteiger partial charge in [-0.1, -0.05) is 18.2 Å². The summed E-state index contributed by atoms with van der Waals surface area (Å²) in [6, 6.07) is 8.42. The van der Waals surface area contributed by atoms with Gasteiger partial charge in [-0.2, -0.15) is 0 Å². The van der Waals surface area contributed by atoms with E-state index < -0.39 is 0 Å². The molecule has 1 aromatic carbocycles. The Kier molecular flexibility index (Phi) is 4.79. The number of H-pyrrole nitrogens is 1. The minimum absolute atomic E-state index is 0.654. The molecule has 0 unspecified atom stereocenters. The summed E-state index contributed by atoms with van der Waals surface area (Å²) in [5.41, 5.74) is 9.99. The highest BCUT2D eigenvalue weighted by atomic mass is 32.1. The number of aromatic nitrogens is 2. The van der Waals surface area contributed by atoms with Crippen LogP contribution in [-0.2, 0) is 6.42 Å². The first-order chi connectivity index (χ1) is 12.7. The molecule has 0 aliphatic carbocycles. The van der Waals surface area contributed by atoms with E-state index in [0.717, 1.165) is 37.7 Å². The summed E-state index contributed by atoms with van der Waals surface area (Å²) in [6.07, 6.45) is 2.75. The second kappa shape index (κ2) is 7.37. The van der Waals surface area contributed by atoms with Crippen LogP contribution < -0.4 is 10.6 Å². The maximum atomic E-state index is 6.24. The first-order valence-electron chi connectivity index (χ1n) is 8.98. The summed E-state index contributed by atoms with van der Waals surface area (Å²) in [6.45, 7) is 6.49. The van der Waals surface area contributed by atoms with Gasteiger partial charge in [0.05, 0.1) is 0 Å². The molecule has 0 saturated carbocycles. The van der Waals surface area contributed by atoms with Crippen molar-refractivity contribution in [1.82, 2.24) is 14.9 Å². The normalized spacial score (nSPS) is 15.8. The van der Waals surface area contributed by atoms with Crippen LogP contribution in [0.2, 0.25) is 0 Å². The summed E-state index contributed by atoms with van der Waals surface area (Å²) in [7, 11) is 0. The number of guanidine groups is 1. The lowest BCUT2D eigenvalue weighted by Gasteiger charge is -2.35. The van der Waals surface area contributed by atoms with Gasteiger partial charge in [-0.25, -0.2) is 4.98 Å². The number of aliphatic imine (C=N–C) groups is 1. The summed E-state index contributed by atoms with van der Waals surface area (Å²) >= 11 is 1.69. The van der Waals surface area contributed by atoms with Crippen molar-refractivity contribution in [2.75, 3.05) is 37.6 Å². The van der Waals surface area contributed by atoms with Crippen molar-refractivity contribution in [3.8, 4) is 0 Å². The van der Waals surface area contributed by atoms with Crippen molar-refractivity contribution in [3.05, 3.63) is 47.1 Å². The van der Waals surface area contributed by atoms with Crippen LogP contribution in [0.1, 0.15) is 11.3 Å². The van der Waals surface area contributed by atoms with E-state index in [0.29, 0.717) is 12.5 Å². The van der Waals surface area contributed by atoms with Gasteiger partial charge in [-0.3, -0.25) is 4.99 Å². The van der Waals surface area contributed by atoms with Gasteiger partial charge in [0.25, 0.3) is 0 Å². The number of aryl methyl sites for hydroxylation is 1. The monoisotopic (exact) mass is 368 g/mol. The number of hydrogen-bond donors (Lipinski definition) is 2. The fraction of sp³-hybridized carbons (Fsp3) is 0.368. The number of benzene rings is 1. The van der Waals surface area contributed by atoms with Crippen LogP contribution >= 0.6 is 11.3 Å². The minimum atomic E-state index is 0.654.